The first kappa shape index (κ1) is 9.48. The zero-order valence-corrected chi connectivity index (χ0v) is 7.62. The number of hydrogen-bond donors (Lipinski definition) is 1. The molecule has 0 aromatic heterocycles. The maximum Gasteiger partial charge on any atom is 0.319 e. The summed E-state index contributed by atoms with van der Waals surface area (Å²) in [7, 11) is 1.40. The van der Waals surface area contributed by atoms with Crippen molar-refractivity contribution < 1.29 is 9.53 Å². The highest BCUT2D eigenvalue weighted by Crippen LogP contribution is 2.13. The third-order valence-electron chi connectivity index (χ3n) is 2.33. The summed E-state index contributed by atoms with van der Waals surface area (Å²) in [6.45, 7) is 4.17. The van der Waals surface area contributed by atoms with Crippen LogP contribution in [0.3, 0.4) is 0 Å². The summed E-state index contributed by atoms with van der Waals surface area (Å²) in [6.07, 6.45) is 0. The second kappa shape index (κ2) is 3.87. The predicted octanol–water partition coefficient (Wildman–Crippen LogP) is -0.562. The highest BCUT2D eigenvalue weighted by molar-refractivity contribution is 5.71. The quantitative estimate of drug-likeness (QED) is 0.567. The number of carbonyl (C=O) groups excluding carboxylic acids is 1. The highest BCUT2D eigenvalue weighted by Gasteiger charge is 2.27. The van der Waals surface area contributed by atoms with Crippen LogP contribution in [-0.4, -0.2) is 43.7 Å². The van der Waals surface area contributed by atoms with E-state index in [2.05, 4.69) is 11.7 Å². The highest BCUT2D eigenvalue weighted by atomic mass is 16.5. The molecule has 1 fully saturated rings. The molecule has 0 amide bonds. The molecule has 0 radical (unpaired) electrons. The van der Waals surface area contributed by atoms with Gasteiger partial charge in [0.15, 0.2) is 0 Å². The molecule has 1 saturated heterocycles. The summed E-state index contributed by atoms with van der Waals surface area (Å²) >= 11 is 0. The lowest BCUT2D eigenvalue weighted by molar-refractivity contribution is -0.141. The molecule has 12 heavy (non-hydrogen) atoms. The number of methoxy groups -OCH3 is 1. The normalized spacial score (nSPS) is 30.6. The van der Waals surface area contributed by atoms with Crippen LogP contribution in [0.15, 0.2) is 0 Å². The van der Waals surface area contributed by atoms with Gasteiger partial charge in [0.1, 0.15) is 0 Å². The molecule has 0 aromatic carbocycles. The molecule has 2 unspecified atom stereocenters. The second-order valence-electron chi connectivity index (χ2n) is 3.41. The van der Waals surface area contributed by atoms with Crippen LogP contribution in [0.25, 0.3) is 0 Å². The molecule has 0 aromatic rings. The van der Waals surface area contributed by atoms with Gasteiger partial charge in [0.2, 0.25) is 0 Å². The van der Waals surface area contributed by atoms with Crippen molar-refractivity contribution in [3.05, 3.63) is 0 Å². The smallest absolute Gasteiger partial charge is 0.319 e. The predicted molar refractivity (Wildman–Crippen MR) is 45.6 cm³/mol. The fraction of sp³-hybridized carbons (Fsp3) is 0.875. The van der Waals surface area contributed by atoms with E-state index in [0.29, 0.717) is 12.5 Å². The molecular weight excluding hydrogens is 156 g/mol. The SMILES string of the molecule is COC(=O)CN1CC(C)C(N)C1. The Morgan fingerprint density at radius 2 is 2.33 bits per heavy atom. The van der Waals surface area contributed by atoms with Crippen LogP contribution < -0.4 is 5.73 Å². The zero-order chi connectivity index (χ0) is 9.14. The zero-order valence-electron chi connectivity index (χ0n) is 7.62. The van der Waals surface area contributed by atoms with E-state index < -0.39 is 0 Å². The van der Waals surface area contributed by atoms with Crippen molar-refractivity contribution in [3.63, 3.8) is 0 Å². The molecule has 1 rings (SSSR count). The molecule has 4 heteroatoms. The topological polar surface area (TPSA) is 55.6 Å². The molecule has 0 bridgehead atoms. The van der Waals surface area contributed by atoms with E-state index in [1.807, 2.05) is 4.90 Å². The fourth-order valence-corrected chi connectivity index (χ4v) is 1.47. The summed E-state index contributed by atoms with van der Waals surface area (Å²) in [5.74, 6) is 0.297. The minimum absolute atomic E-state index is 0.184. The van der Waals surface area contributed by atoms with E-state index in [1.165, 1.54) is 7.11 Å². The van der Waals surface area contributed by atoms with Crippen LogP contribution in [0.4, 0.5) is 0 Å². The van der Waals surface area contributed by atoms with Crippen LogP contribution in [0.1, 0.15) is 6.92 Å². The van der Waals surface area contributed by atoms with Crippen molar-refractivity contribution in [2.45, 2.75) is 13.0 Å². The Kier molecular flexibility index (Phi) is 3.05. The minimum Gasteiger partial charge on any atom is -0.468 e. The monoisotopic (exact) mass is 172 g/mol. The van der Waals surface area contributed by atoms with Crippen molar-refractivity contribution in [2.75, 3.05) is 26.7 Å². The lowest BCUT2D eigenvalue weighted by Gasteiger charge is -2.12. The van der Waals surface area contributed by atoms with E-state index in [9.17, 15) is 4.79 Å². The number of hydrogen-bond acceptors (Lipinski definition) is 4. The third kappa shape index (κ3) is 2.19. The maximum absolute atomic E-state index is 10.9. The van der Waals surface area contributed by atoms with E-state index in [-0.39, 0.29) is 12.0 Å². The average Bonchev–Trinajstić information content (AvgIpc) is 2.31. The van der Waals surface area contributed by atoms with Crippen molar-refractivity contribution >= 4 is 5.97 Å². The van der Waals surface area contributed by atoms with E-state index >= 15 is 0 Å². The van der Waals surface area contributed by atoms with Gasteiger partial charge in [-0.15, -0.1) is 0 Å². The number of ether oxygens (including phenoxy) is 1. The summed E-state index contributed by atoms with van der Waals surface area (Å²) in [5.41, 5.74) is 5.79. The van der Waals surface area contributed by atoms with Gasteiger partial charge >= 0.3 is 5.97 Å². The Labute approximate surface area is 72.7 Å². The molecule has 4 nitrogen and oxygen atoms in total. The average molecular weight is 172 g/mol. The van der Waals surface area contributed by atoms with Crippen molar-refractivity contribution in [2.24, 2.45) is 11.7 Å². The summed E-state index contributed by atoms with van der Waals surface area (Å²) < 4.78 is 4.56. The Bertz CT molecular complexity index is 162. The fourth-order valence-electron chi connectivity index (χ4n) is 1.47. The molecular formula is C8H16N2O2. The van der Waals surface area contributed by atoms with Gasteiger partial charge < -0.3 is 10.5 Å². The summed E-state index contributed by atoms with van der Waals surface area (Å²) in [6, 6.07) is 0.203. The van der Waals surface area contributed by atoms with E-state index in [1.54, 1.807) is 0 Å². The maximum atomic E-state index is 10.9. The number of likely N-dealkylation sites (tertiary alicyclic amines) is 1. The molecule has 1 heterocycles. The Morgan fingerprint density at radius 1 is 1.67 bits per heavy atom. The van der Waals surface area contributed by atoms with Gasteiger partial charge in [0.25, 0.3) is 0 Å². The van der Waals surface area contributed by atoms with Crippen LogP contribution >= 0.6 is 0 Å². The summed E-state index contributed by atoms with van der Waals surface area (Å²) in [4.78, 5) is 12.9. The molecule has 1 aliphatic heterocycles. The number of nitrogens with two attached hydrogens (primary N) is 1. The number of carbonyl (C=O) groups is 1. The lowest BCUT2D eigenvalue weighted by atomic mass is 10.1. The van der Waals surface area contributed by atoms with Crippen LogP contribution in [-0.2, 0) is 9.53 Å². The summed E-state index contributed by atoms with van der Waals surface area (Å²) in [5, 5.41) is 0. The van der Waals surface area contributed by atoms with E-state index in [0.717, 1.165) is 13.1 Å². The van der Waals surface area contributed by atoms with Gasteiger partial charge in [-0.2, -0.15) is 0 Å². The van der Waals surface area contributed by atoms with Crippen LogP contribution in [0.5, 0.6) is 0 Å². The molecule has 2 N–H and O–H groups in total. The Morgan fingerprint density at radius 3 is 2.75 bits per heavy atom. The Balaban J connectivity index is 2.32. The van der Waals surface area contributed by atoms with Crippen LogP contribution in [0, 0.1) is 5.92 Å². The van der Waals surface area contributed by atoms with E-state index in [4.69, 9.17) is 5.73 Å². The molecule has 0 aliphatic carbocycles. The van der Waals surface area contributed by atoms with Gasteiger partial charge in [-0.1, -0.05) is 6.92 Å². The first-order valence-electron chi connectivity index (χ1n) is 4.18. The minimum atomic E-state index is -0.184. The molecule has 1 aliphatic rings. The Hall–Kier alpha value is -0.610. The second-order valence-corrected chi connectivity index (χ2v) is 3.41. The van der Waals surface area contributed by atoms with Gasteiger partial charge in [-0.3, -0.25) is 9.69 Å². The van der Waals surface area contributed by atoms with Gasteiger partial charge in [0.05, 0.1) is 13.7 Å². The third-order valence-corrected chi connectivity index (χ3v) is 2.33. The van der Waals surface area contributed by atoms with Gasteiger partial charge in [-0.05, 0) is 5.92 Å². The molecule has 2 atom stereocenters. The standard InChI is InChI=1S/C8H16N2O2/c1-6-3-10(4-7(6)9)5-8(11)12-2/h6-7H,3-5,9H2,1-2H3. The van der Waals surface area contributed by atoms with Gasteiger partial charge in [0, 0.05) is 19.1 Å². The first-order valence-corrected chi connectivity index (χ1v) is 4.18. The van der Waals surface area contributed by atoms with Gasteiger partial charge in [-0.25, -0.2) is 0 Å². The lowest BCUT2D eigenvalue weighted by Crippen LogP contribution is -2.31. The first-order chi connectivity index (χ1) is 5.63. The number of nitrogens with zero attached hydrogens (tertiary/aromatic N) is 1. The molecule has 0 spiro atoms. The largest absolute Gasteiger partial charge is 0.468 e. The number of rotatable bonds is 2. The number of esters is 1. The molecule has 0 saturated carbocycles. The van der Waals surface area contributed by atoms with Crippen molar-refractivity contribution in [1.82, 2.24) is 4.90 Å². The van der Waals surface area contributed by atoms with Crippen molar-refractivity contribution in [3.8, 4) is 0 Å². The van der Waals surface area contributed by atoms with Crippen LogP contribution in [0.2, 0.25) is 0 Å². The van der Waals surface area contributed by atoms with Crippen molar-refractivity contribution in [1.29, 1.82) is 0 Å². The molecule has 70 valence electrons.